The number of hydrazone groups is 1. The summed E-state index contributed by atoms with van der Waals surface area (Å²) in [6.45, 7) is 3.64. The standard InChI is InChI=1S/C18H18IN3O4/c1-3-26-16-8-12(7-15(19)17(16)24)10-20-22-18(25)13-5-4-6-14(9-13)21-11(2)23/h4-10,24H,3H2,1-2H3,(H,21,23)(H,22,25). The summed E-state index contributed by atoms with van der Waals surface area (Å²) < 4.78 is 5.98. The Morgan fingerprint density at radius 2 is 2.08 bits per heavy atom. The largest absolute Gasteiger partial charge is 0.504 e. The highest BCUT2D eigenvalue weighted by molar-refractivity contribution is 14.1. The Hall–Kier alpha value is -2.62. The van der Waals surface area contributed by atoms with Crippen LogP contribution in [0, 0.1) is 3.57 Å². The van der Waals surface area contributed by atoms with Crippen molar-refractivity contribution in [1.82, 2.24) is 5.43 Å². The SMILES string of the molecule is CCOc1cc(C=NNC(=O)c2cccc(NC(C)=O)c2)cc(I)c1O. The van der Waals surface area contributed by atoms with Crippen molar-refractivity contribution in [3.63, 3.8) is 0 Å². The fourth-order valence-electron chi connectivity index (χ4n) is 2.11. The lowest BCUT2D eigenvalue weighted by Gasteiger charge is -2.08. The number of halogens is 1. The van der Waals surface area contributed by atoms with Gasteiger partial charge in [-0.05, 0) is 65.4 Å². The third kappa shape index (κ3) is 5.45. The molecule has 7 nitrogen and oxygen atoms in total. The lowest BCUT2D eigenvalue weighted by atomic mass is 10.2. The van der Waals surface area contributed by atoms with E-state index in [0.29, 0.717) is 32.7 Å². The van der Waals surface area contributed by atoms with Crippen LogP contribution in [-0.2, 0) is 4.79 Å². The molecule has 0 aliphatic carbocycles. The number of nitrogens with zero attached hydrogens (tertiary/aromatic N) is 1. The monoisotopic (exact) mass is 467 g/mol. The van der Waals surface area contributed by atoms with E-state index in [-0.39, 0.29) is 11.7 Å². The molecule has 136 valence electrons. The molecule has 0 aromatic heterocycles. The molecule has 0 aliphatic rings. The molecule has 2 aromatic carbocycles. The minimum absolute atomic E-state index is 0.0726. The van der Waals surface area contributed by atoms with E-state index in [2.05, 4.69) is 15.8 Å². The third-order valence-electron chi connectivity index (χ3n) is 3.18. The molecular weight excluding hydrogens is 449 g/mol. The number of hydrogen-bond acceptors (Lipinski definition) is 5. The number of hydrogen-bond donors (Lipinski definition) is 3. The smallest absolute Gasteiger partial charge is 0.271 e. The Bertz CT molecular complexity index is 852. The zero-order valence-corrected chi connectivity index (χ0v) is 16.4. The Kier molecular flexibility index (Phi) is 6.96. The number of nitrogens with one attached hydrogen (secondary N) is 2. The second-order valence-electron chi connectivity index (χ2n) is 5.24. The number of rotatable bonds is 6. The highest BCUT2D eigenvalue weighted by atomic mass is 127. The summed E-state index contributed by atoms with van der Waals surface area (Å²) in [5.74, 6) is -0.196. The van der Waals surface area contributed by atoms with Gasteiger partial charge in [-0.15, -0.1) is 0 Å². The predicted molar refractivity (Wildman–Crippen MR) is 108 cm³/mol. The molecule has 0 unspecified atom stereocenters. The van der Waals surface area contributed by atoms with Crippen molar-refractivity contribution < 1.29 is 19.4 Å². The van der Waals surface area contributed by atoms with Crippen LogP contribution in [0.25, 0.3) is 0 Å². The first kappa shape index (κ1) is 19.7. The molecule has 0 fully saturated rings. The molecule has 8 heteroatoms. The fraction of sp³-hybridized carbons (Fsp3) is 0.167. The Labute approximate surface area is 164 Å². The second kappa shape index (κ2) is 9.18. The van der Waals surface area contributed by atoms with E-state index in [0.717, 1.165) is 0 Å². The highest BCUT2D eigenvalue weighted by Gasteiger charge is 2.09. The molecule has 0 bridgehead atoms. The Balaban J connectivity index is 2.08. The number of phenolic OH excluding ortho intramolecular Hbond substituents is 1. The second-order valence-corrected chi connectivity index (χ2v) is 6.41. The summed E-state index contributed by atoms with van der Waals surface area (Å²) in [4.78, 5) is 23.2. The lowest BCUT2D eigenvalue weighted by molar-refractivity contribution is -0.114. The van der Waals surface area contributed by atoms with Crippen molar-refractivity contribution in [2.45, 2.75) is 13.8 Å². The van der Waals surface area contributed by atoms with E-state index >= 15 is 0 Å². The molecule has 0 heterocycles. The van der Waals surface area contributed by atoms with E-state index in [1.807, 2.05) is 29.5 Å². The number of carbonyl (C=O) groups excluding carboxylic acids is 2. The molecule has 0 aliphatic heterocycles. The van der Waals surface area contributed by atoms with Gasteiger partial charge in [-0.25, -0.2) is 5.43 Å². The predicted octanol–water partition coefficient (Wildman–Crippen LogP) is 3.12. The van der Waals surface area contributed by atoms with Crippen molar-refractivity contribution in [3.8, 4) is 11.5 Å². The molecule has 3 N–H and O–H groups in total. The Morgan fingerprint density at radius 3 is 2.77 bits per heavy atom. The molecule has 0 atom stereocenters. The zero-order chi connectivity index (χ0) is 19.1. The molecule has 0 spiro atoms. The molecule has 26 heavy (non-hydrogen) atoms. The van der Waals surface area contributed by atoms with Crippen molar-refractivity contribution in [2.75, 3.05) is 11.9 Å². The molecule has 2 aromatic rings. The first-order valence-corrected chi connectivity index (χ1v) is 8.85. The van der Waals surface area contributed by atoms with Crippen LogP contribution in [0.1, 0.15) is 29.8 Å². The van der Waals surface area contributed by atoms with Crippen LogP contribution in [0.4, 0.5) is 5.69 Å². The number of aromatic hydroxyl groups is 1. The molecule has 0 saturated carbocycles. The van der Waals surface area contributed by atoms with Gasteiger partial charge in [-0.3, -0.25) is 9.59 Å². The summed E-state index contributed by atoms with van der Waals surface area (Å²) in [7, 11) is 0. The summed E-state index contributed by atoms with van der Waals surface area (Å²) in [6.07, 6.45) is 1.46. The first-order chi connectivity index (χ1) is 12.4. The van der Waals surface area contributed by atoms with E-state index in [4.69, 9.17) is 4.74 Å². The van der Waals surface area contributed by atoms with Gasteiger partial charge in [0.2, 0.25) is 5.91 Å². The fourth-order valence-corrected chi connectivity index (χ4v) is 2.73. The number of phenols is 1. The van der Waals surface area contributed by atoms with Crippen molar-refractivity contribution in [1.29, 1.82) is 0 Å². The number of carbonyl (C=O) groups is 2. The van der Waals surface area contributed by atoms with Crippen molar-refractivity contribution >= 4 is 46.3 Å². The summed E-state index contributed by atoms with van der Waals surface area (Å²) in [6, 6.07) is 9.88. The summed E-state index contributed by atoms with van der Waals surface area (Å²) in [5, 5.41) is 16.5. The van der Waals surface area contributed by atoms with Gasteiger partial charge in [0.25, 0.3) is 5.91 Å². The quantitative estimate of drug-likeness (QED) is 0.346. The lowest BCUT2D eigenvalue weighted by Crippen LogP contribution is -2.18. The van der Waals surface area contributed by atoms with Gasteiger partial charge < -0.3 is 15.2 Å². The average molecular weight is 467 g/mol. The normalized spacial score (nSPS) is 10.6. The molecule has 0 saturated heterocycles. The highest BCUT2D eigenvalue weighted by Crippen LogP contribution is 2.32. The summed E-state index contributed by atoms with van der Waals surface area (Å²) >= 11 is 1.99. The van der Waals surface area contributed by atoms with Gasteiger partial charge in [-0.1, -0.05) is 6.07 Å². The van der Waals surface area contributed by atoms with Gasteiger partial charge in [-0.2, -0.15) is 5.10 Å². The van der Waals surface area contributed by atoms with Crippen LogP contribution < -0.4 is 15.5 Å². The van der Waals surface area contributed by atoms with Gasteiger partial charge in [0.05, 0.1) is 16.4 Å². The number of benzene rings is 2. The number of amides is 2. The maximum Gasteiger partial charge on any atom is 0.271 e. The van der Waals surface area contributed by atoms with Gasteiger partial charge in [0, 0.05) is 18.2 Å². The number of anilines is 1. The van der Waals surface area contributed by atoms with Gasteiger partial charge >= 0.3 is 0 Å². The molecule has 2 rings (SSSR count). The maximum absolute atomic E-state index is 12.2. The van der Waals surface area contributed by atoms with Crippen LogP contribution >= 0.6 is 22.6 Å². The van der Waals surface area contributed by atoms with E-state index in [1.165, 1.54) is 13.1 Å². The average Bonchev–Trinajstić information content (AvgIpc) is 2.59. The first-order valence-electron chi connectivity index (χ1n) is 7.77. The third-order valence-corrected chi connectivity index (χ3v) is 4.00. The molecule has 0 radical (unpaired) electrons. The zero-order valence-electron chi connectivity index (χ0n) is 14.2. The summed E-state index contributed by atoms with van der Waals surface area (Å²) in [5.41, 5.74) is 3.99. The van der Waals surface area contributed by atoms with Crippen molar-refractivity contribution in [3.05, 3.63) is 51.1 Å². The van der Waals surface area contributed by atoms with E-state index in [1.54, 1.807) is 36.4 Å². The van der Waals surface area contributed by atoms with Crippen LogP contribution in [0.3, 0.4) is 0 Å². The van der Waals surface area contributed by atoms with Crippen LogP contribution in [-0.4, -0.2) is 29.7 Å². The van der Waals surface area contributed by atoms with E-state index < -0.39 is 5.91 Å². The minimum Gasteiger partial charge on any atom is -0.504 e. The Morgan fingerprint density at radius 1 is 1.31 bits per heavy atom. The topological polar surface area (TPSA) is 100 Å². The van der Waals surface area contributed by atoms with Crippen LogP contribution in [0.15, 0.2) is 41.5 Å². The number of ether oxygens (including phenoxy) is 1. The van der Waals surface area contributed by atoms with Crippen LogP contribution in [0.2, 0.25) is 0 Å². The van der Waals surface area contributed by atoms with Crippen molar-refractivity contribution in [2.24, 2.45) is 5.10 Å². The van der Waals surface area contributed by atoms with Gasteiger partial charge in [0.15, 0.2) is 11.5 Å². The van der Waals surface area contributed by atoms with E-state index in [9.17, 15) is 14.7 Å². The van der Waals surface area contributed by atoms with Crippen LogP contribution in [0.5, 0.6) is 11.5 Å². The van der Waals surface area contributed by atoms with Gasteiger partial charge in [0.1, 0.15) is 0 Å². The molecule has 2 amide bonds. The minimum atomic E-state index is -0.410. The molecular formula is C18H18IN3O4. The maximum atomic E-state index is 12.2.